The maximum Gasteiger partial charge on any atom is 0.255 e. The lowest BCUT2D eigenvalue weighted by atomic mass is 10.0. The van der Waals surface area contributed by atoms with Gasteiger partial charge in [0.25, 0.3) is 5.91 Å². The maximum absolute atomic E-state index is 12.9. The third kappa shape index (κ3) is 3.41. The van der Waals surface area contributed by atoms with E-state index in [9.17, 15) is 19.5 Å². The third-order valence-electron chi connectivity index (χ3n) is 4.72. The number of piperidine rings is 1. The average molecular weight is 346 g/mol. The molecular weight excluding hydrogens is 324 g/mol. The Balaban J connectivity index is 1.78. The van der Waals surface area contributed by atoms with Gasteiger partial charge in [-0.2, -0.15) is 0 Å². The molecule has 0 aliphatic carbocycles. The Kier molecular flexibility index (Phi) is 5.12. The number of nitrogens with zero attached hydrogens (tertiary/aromatic N) is 1. The first-order chi connectivity index (χ1) is 12.0. The molecule has 25 heavy (non-hydrogen) atoms. The zero-order valence-electron chi connectivity index (χ0n) is 13.8. The van der Waals surface area contributed by atoms with Crippen molar-refractivity contribution in [1.82, 2.24) is 15.5 Å². The van der Waals surface area contributed by atoms with Crippen LogP contribution in [0.25, 0.3) is 0 Å². The van der Waals surface area contributed by atoms with Crippen LogP contribution in [0.1, 0.15) is 34.3 Å². The van der Waals surface area contributed by atoms with Crippen LogP contribution in [0.15, 0.2) is 18.2 Å². The molecule has 0 aromatic heterocycles. The highest BCUT2D eigenvalue weighted by molar-refractivity contribution is 6.05. The number of carbonyl (C=O) groups excluding carboxylic acids is 3. The van der Waals surface area contributed by atoms with Gasteiger partial charge in [0.1, 0.15) is 6.04 Å². The predicted molar refractivity (Wildman–Crippen MR) is 89.3 cm³/mol. The SMILES string of the molecule is NCC(CO)NCc1cccc2c1C(=O)N(C1CCC(=O)NC1=O)C2. The lowest BCUT2D eigenvalue weighted by Crippen LogP contribution is -2.52. The fourth-order valence-corrected chi connectivity index (χ4v) is 3.31. The van der Waals surface area contributed by atoms with Gasteiger partial charge in [-0.1, -0.05) is 18.2 Å². The van der Waals surface area contributed by atoms with Gasteiger partial charge in [-0.15, -0.1) is 0 Å². The number of rotatable bonds is 6. The Labute approximate surface area is 145 Å². The van der Waals surface area contributed by atoms with E-state index in [1.807, 2.05) is 18.2 Å². The number of amides is 3. The van der Waals surface area contributed by atoms with Crippen molar-refractivity contribution in [3.05, 3.63) is 34.9 Å². The molecule has 2 atom stereocenters. The summed E-state index contributed by atoms with van der Waals surface area (Å²) in [5.74, 6) is -0.914. The molecule has 2 heterocycles. The molecule has 8 nitrogen and oxygen atoms in total. The number of benzene rings is 1. The van der Waals surface area contributed by atoms with Crippen LogP contribution in [0.5, 0.6) is 0 Å². The molecule has 0 radical (unpaired) electrons. The number of carbonyl (C=O) groups is 3. The van der Waals surface area contributed by atoms with Crippen LogP contribution in [-0.2, 0) is 22.7 Å². The van der Waals surface area contributed by atoms with Crippen molar-refractivity contribution in [2.24, 2.45) is 5.73 Å². The molecule has 1 aromatic rings. The van der Waals surface area contributed by atoms with Crippen molar-refractivity contribution in [2.75, 3.05) is 13.2 Å². The number of nitrogens with one attached hydrogen (secondary N) is 2. The van der Waals surface area contributed by atoms with Crippen LogP contribution in [0, 0.1) is 0 Å². The minimum atomic E-state index is -0.618. The second kappa shape index (κ2) is 7.30. The molecule has 134 valence electrons. The van der Waals surface area contributed by atoms with Crippen LogP contribution >= 0.6 is 0 Å². The van der Waals surface area contributed by atoms with E-state index in [4.69, 9.17) is 5.73 Å². The number of hydrogen-bond donors (Lipinski definition) is 4. The molecule has 5 N–H and O–H groups in total. The highest BCUT2D eigenvalue weighted by atomic mass is 16.3. The minimum Gasteiger partial charge on any atom is -0.395 e. The summed E-state index contributed by atoms with van der Waals surface area (Å²) in [7, 11) is 0. The Morgan fingerprint density at radius 3 is 2.84 bits per heavy atom. The molecular formula is C17H22N4O4. The van der Waals surface area contributed by atoms with Gasteiger partial charge in [0, 0.05) is 37.7 Å². The van der Waals surface area contributed by atoms with Gasteiger partial charge in [0.05, 0.1) is 6.61 Å². The predicted octanol–water partition coefficient (Wildman–Crippen LogP) is -1.14. The van der Waals surface area contributed by atoms with Gasteiger partial charge < -0.3 is 21.1 Å². The highest BCUT2D eigenvalue weighted by Crippen LogP contribution is 2.29. The summed E-state index contributed by atoms with van der Waals surface area (Å²) < 4.78 is 0. The smallest absolute Gasteiger partial charge is 0.255 e. The summed E-state index contributed by atoms with van der Waals surface area (Å²) in [6.07, 6.45) is 0.581. The van der Waals surface area contributed by atoms with Crippen LogP contribution in [-0.4, -0.2) is 53.0 Å². The number of fused-ring (bicyclic) bond motifs is 1. The molecule has 0 spiro atoms. The highest BCUT2D eigenvalue weighted by Gasteiger charge is 2.39. The van der Waals surface area contributed by atoms with Gasteiger partial charge >= 0.3 is 0 Å². The quantitative estimate of drug-likeness (QED) is 0.483. The fraction of sp³-hybridized carbons (Fsp3) is 0.471. The van der Waals surface area contributed by atoms with Crippen molar-refractivity contribution in [3.8, 4) is 0 Å². The van der Waals surface area contributed by atoms with Crippen LogP contribution in [0.2, 0.25) is 0 Å². The lowest BCUT2D eigenvalue weighted by molar-refractivity contribution is -0.136. The van der Waals surface area contributed by atoms with E-state index in [2.05, 4.69) is 10.6 Å². The monoisotopic (exact) mass is 346 g/mol. The lowest BCUT2D eigenvalue weighted by Gasteiger charge is -2.29. The van der Waals surface area contributed by atoms with Crippen molar-refractivity contribution >= 4 is 17.7 Å². The second-order valence-corrected chi connectivity index (χ2v) is 6.35. The molecule has 8 heteroatoms. The van der Waals surface area contributed by atoms with Gasteiger partial charge in [-0.25, -0.2) is 0 Å². The molecule has 0 bridgehead atoms. The third-order valence-corrected chi connectivity index (χ3v) is 4.72. The van der Waals surface area contributed by atoms with Crippen LogP contribution < -0.4 is 16.4 Å². The number of aliphatic hydroxyl groups excluding tert-OH is 1. The van der Waals surface area contributed by atoms with Gasteiger partial charge in [0.15, 0.2) is 0 Å². The largest absolute Gasteiger partial charge is 0.395 e. The summed E-state index contributed by atoms with van der Waals surface area (Å²) in [6, 6.07) is 4.73. The maximum atomic E-state index is 12.9. The molecule has 0 saturated carbocycles. The average Bonchev–Trinajstić information content (AvgIpc) is 2.93. The van der Waals surface area contributed by atoms with E-state index in [-0.39, 0.29) is 30.9 Å². The standard InChI is InChI=1S/C17H22N4O4/c18-6-12(9-22)19-7-10-2-1-3-11-8-21(17(25)15(10)11)13-4-5-14(23)20-16(13)24/h1-3,12-13,19,22H,4-9,18H2,(H,20,23,24). The molecule has 3 rings (SSSR count). The van der Waals surface area contributed by atoms with Crippen molar-refractivity contribution in [1.29, 1.82) is 0 Å². The summed E-state index contributed by atoms with van der Waals surface area (Å²) >= 11 is 0. The molecule has 1 saturated heterocycles. The zero-order chi connectivity index (χ0) is 18.0. The van der Waals surface area contributed by atoms with Gasteiger partial charge in [-0.05, 0) is 17.5 Å². The Morgan fingerprint density at radius 1 is 1.36 bits per heavy atom. The Hall–Kier alpha value is -2.29. The topological polar surface area (TPSA) is 125 Å². The molecule has 3 amide bonds. The first-order valence-corrected chi connectivity index (χ1v) is 8.35. The van der Waals surface area contributed by atoms with Crippen molar-refractivity contribution < 1.29 is 19.5 Å². The molecule has 1 fully saturated rings. The minimum absolute atomic E-state index is 0.0815. The van der Waals surface area contributed by atoms with E-state index in [0.717, 1.165) is 11.1 Å². The van der Waals surface area contributed by atoms with E-state index in [0.29, 0.717) is 31.6 Å². The van der Waals surface area contributed by atoms with E-state index in [1.165, 1.54) is 4.90 Å². The van der Waals surface area contributed by atoms with Crippen molar-refractivity contribution in [3.63, 3.8) is 0 Å². The zero-order valence-corrected chi connectivity index (χ0v) is 13.8. The summed E-state index contributed by atoms with van der Waals surface area (Å²) in [5.41, 5.74) is 7.83. The Bertz CT molecular complexity index is 702. The van der Waals surface area contributed by atoms with E-state index in [1.54, 1.807) is 0 Å². The number of hydrogen-bond acceptors (Lipinski definition) is 6. The van der Waals surface area contributed by atoms with Crippen LogP contribution in [0.3, 0.4) is 0 Å². The number of imide groups is 1. The first-order valence-electron chi connectivity index (χ1n) is 8.35. The number of aliphatic hydroxyl groups is 1. The number of nitrogens with two attached hydrogens (primary N) is 1. The normalized spacial score (nSPS) is 21.3. The summed E-state index contributed by atoms with van der Waals surface area (Å²) in [4.78, 5) is 37.8. The molecule has 2 aliphatic heterocycles. The molecule has 1 aromatic carbocycles. The summed E-state index contributed by atoms with van der Waals surface area (Å²) in [5, 5.41) is 14.6. The Morgan fingerprint density at radius 2 is 2.16 bits per heavy atom. The summed E-state index contributed by atoms with van der Waals surface area (Å²) in [6.45, 7) is 0.971. The van der Waals surface area contributed by atoms with Crippen molar-refractivity contribution in [2.45, 2.75) is 38.0 Å². The van der Waals surface area contributed by atoms with E-state index >= 15 is 0 Å². The second-order valence-electron chi connectivity index (χ2n) is 6.35. The van der Waals surface area contributed by atoms with E-state index < -0.39 is 11.9 Å². The van der Waals surface area contributed by atoms with Gasteiger partial charge in [-0.3, -0.25) is 19.7 Å². The first kappa shape index (κ1) is 17.5. The fourth-order valence-electron chi connectivity index (χ4n) is 3.31. The molecule has 2 aliphatic rings. The van der Waals surface area contributed by atoms with Gasteiger partial charge in [0.2, 0.25) is 11.8 Å². The molecule has 2 unspecified atom stereocenters. The van der Waals surface area contributed by atoms with Crippen LogP contribution in [0.4, 0.5) is 0 Å².